The van der Waals surface area contributed by atoms with E-state index in [1.165, 1.54) is 5.56 Å². The largest absolute Gasteiger partial charge is 0.307 e. The van der Waals surface area contributed by atoms with Crippen molar-refractivity contribution in [3.8, 4) is 6.07 Å². The first-order valence-electron chi connectivity index (χ1n) is 7.04. The van der Waals surface area contributed by atoms with Crippen LogP contribution < -0.4 is 4.90 Å². The highest BCUT2D eigenvalue weighted by Crippen LogP contribution is 2.22. The molecule has 4 heteroatoms. The predicted octanol–water partition coefficient (Wildman–Crippen LogP) is 4.63. The molecule has 0 saturated carbocycles. The molecule has 22 heavy (non-hydrogen) atoms. The van der Waals surface area contributed by atoms with Crippen LogP contribution in [0.4, 0.5) is 5.69 Å². The van der Waals surface area contributed by atoms with Gasteiger partial charge in [0.05, 0.1) is 12.5 Å². The van der Waals surface area contributed by atoms with Crippen molar-refractivity contribution in [1.29, 1.82) is 5.26 Å². The topological polar surface area (TPSA) is 44.1 Å². The second-order valence-electron chi connectivity index (χ2n) is 5.14. The minimum Gasteiger partial charge on any atom is -0.307 e. The van der Waals surface area contributed by atoms with E-state index >= 15 is 0 Å². The highest BCUT2D eigenvalue weighted by molar-refractivity contribution is 9.10. The molecular weight excluding hydrogens is 340 g/mol. The van der Waals surface area contributed by atoms with Crippen molar-refractivity contribution in [2.24, 2.45) is 0 Å². The van der Waals surface area contributed by atoms with E-state index in [9.17, 15) is 4.79 Å². The van der Waals surface area contributed by atoms with Crippen LogP contribution >= 0.6 is 15.9 Å². The molecule has 2 aromatic carbocycles. The van der Waals surface area contributed by atoms with Gasteiger partial charge in [-0.25, -0.2) is 0 Å². The fourth-order valence-corrected chi connectivity index (χ4v) is 2.42. The fraction of sp³-hybridized carbons (Fsp3) is 0.222. The SMILES string of the molecule is Cc1ccc(N(CCC#N)C(=O)c2ccc(Br)cc2)cc1C. The summed E-state index contributed by atoms with van der Waals surface area (Å²) in [5, 5.41) is 8.86. The van der Waals surface area contributed by atoms with Gasteiger partial charge in [0.15, 0.2) is 0 Å². The van der Waals surface area contributed by atoms with E-state index in [0.29, 0.717) is 18.5 Å². The van der Waals surface area contributed by atoms with Crippen LogP contribution in [-0.4, -0.2) is 12.5 Å². The number of amides is 1. The minimum absolute atomic E-state index is 0.0917. The molecule has 0 atom stereocenters. The summed E-state index contributed by atoms with van der Waals surface area (Å²) in [7, 11) is 0. The van der Waals surface area contributed by atoms with Crippen LogP contribution in [0.1, 0.15) is 27.9 Å². The van der Waals surface area contributed by atoms with E-state index < -0.39 is 0 Å². The maximum Gasteiger partial charge on any atom is 0.258 e. The molecule has 2 rings (SSSR count). The summed E-state index contributed by atoms with van der Waals surface area (Å²) < 4.78 is 0.929. The molecule has 0 unspecified atom stereocenters. The Balaban J connectivity index is 2.36. The van der Waals surface area contributed by atoms with Gasteiger partial charge in [-0.1, -0.05) is 22.0 Å². The number of rotatable bonds is 4. The first-order chi connectivity index (χ1) is 10.5. The normalized spacial score (nSPS) is 10.1. The Kier molecular flexibility index (Phi) is 5.35. The van der Waals surface area contributed by atoms with Crippen molar-refractivity contribution < 1.29 is 4.79 Å². The van der Waals surface area contributed by atoms with Gasteiger partial charge in [0.1, 0.15) is 0 Å². The number of nitrogens with zero attached hydrogens (tertiary/aromatic N) is 2. The van der Waals surface area contributed by atoms with Crippen LogP contribution in [0, 0.1) is 25.2 Å². The summed E-state index contributed by atoms with van der Waals surface area (Å²) in [5.41, 5.74) is 3.74. The minimum atomic E-state index is -0.0917. The Hall–Kier alpha value is -2.12. The zero-order valence-electron chi connectivity index (χ0n) is 12.6. The van der Waals surface area contributed by atoms with Crippen LogP contribution in [0.2, 0.25) is 0 Å². The van der Waals surface area contributed by atoms with Gasteiger partial charge < -0.3 is 4.90 Å². The summed E-state index contributed by atoms with van der Waals surface area (Å²) in [6.07, 6.45) is 0.301. The number of benzene rings is 2. The molecule has 3 nitrogen and oxygen atoms in total. The maximum absolute atomic E-state index is 12.8. The number of anilines is 1. The van der Waals surface area contributed by atoms with Gasteiger partial charge in [-0.15, -0.1) is 0 Å². The lowest BCUT2D eigenvalue weighted by atomic mass is 10.1. The molecule has 0 saturated heterocycles. The second kappa shape index (κ2) is 7.24. The van der Waals surface area contributed by atoms with Gasteiger partial charge >= 0.3 is 0 Å². The van der Waals surface area contributed by atoms with Crippen LogP contribution in [0.15, 0.2) is 46.9 Å². The van der Waals surface area contributed by atoms with Gasteiger partial charge in [0.25, 0.3) is 5.91 Å². The standard InChI is InChI=1S/C18H17BrN2O/c1-13-4-9-17(12-14(13)2)21(11-3-10-20)18(22)15-5-7-16(19)8-6-15/h4-9,12H,3,11H2,1-2H3. The Morgan fingerprint density at radius 2 is 1.82 bits per heavy atom. The number of hydrogen-bond acceptors (Lipinski definition) is 2. The van der Waals surface area contributed by atoms with Crippen LogP contribution in [0.25, 0.3) is 0 Å². The lowest BCUT2D eigenvalue weighted by molar-refractivity contribution is 0.0987. The van der Waals surface area contributed by atoms with E-state index in [-0.39, 0.29) is 5.91 Å². The molecule has 0 radical (unpaired) electrons. The third-order valence-electron chi connectivity index (χ3n) is 3.59. The highest BCUT2D eigenvalue weighted by Gasteiger charge is 2.17. The highest BCUT2D eigenvalue weighted by atomic mass is 79.9. The van der Waals surface area contributed by atoms with E-state index in [1.807, 2.05) is 44.2 Å². The van der Waals surface area contributed by atoms with Crippen molar-refractivity contribution in [3.05, 3.63) is 63.6 Å². The number of halogens is 1. The second-order valence-corrected chi connectivity index (χ2v) is 6.06. The molecule has 2 aromatic rings. The van der Waals surface area contributed by atoms with Gasteiger partial charge in [0.2, 0.25) is 0 Å². The summed E-state index contributed by atoms with van der Waals surface area (Å²) >= 11 is 3.37. The van der Waals surface area contributed by atoms with Gasteiger partial charge in [0, 0.05) is 22.3 Å². The molecular formula is C18H17BrN2O. The first kappa shape index (κ1) is 16.3. The average molecular weight is 357 g/mol. The third-order valence-corrected chi connectivity index (χ3v) is 4.11. The molecule has 0 aliphatic heterocycles. The van der Waals surface area contributed by atoms with E-state index in [1.54, 1.807) is 17.0 Å². The molecule has 0 aliphatic rings. The summed E-state index contributed by atoms with van der Waals surface area (Å²) in [4.78, 5) is 14.4. The number of carbonyl (C=O) groups is 1. The zero-order valence-corrected chi connectivity index (χ0v) is 14.2. The third kappa shape index (κ3) is 3.75. The van der Waals surface area contributed by atoms with Gasteiger partial charge in [-0.05, 0) is 61.4 Å². The van der Waals surface area contributed by atoms with Crippen molar-refractivity contribution in [2.75, 3.05) is 11.4 Å². The summed E-state index contributed by atoms with van der Waals surface area (Å²) in [6.45, 7) is 4.44. The quantitative estimate of drug-likeness (QED) is 0.801. The fourth-order valence-electron chi connectivity index (χ4n) is 2.15. The van der Waals surface area contributed by atoms with Crippen LogP contribution in [0.5, 0.6) is 0 Å². The Morgan fingerprint density at radius 1 is 1.14 bits per heavy atom. The monoisotopic (exact) mass is 356 g/mol. The lowest BCUT2D eigenvalue weighted by Crippen LogP contribution is -2.31. The van der Waals surface area contributed by atoms with E-state index in [4.69, 9.17) is 5.26 Å². The Bertz CT molecular complexity index is 717. The molecule has 0 aliphatic carbocycles. The summed E-state index contributed by atoms with van der Waals surface area (Å²) in [5.74, 6) is -0.0917. The molecule has 0 aromatic heterocycles. The number of hydrogen-bond donors (Lipinski definition) is 0. The van der Waals surface area contributed by atoms with Crippen LogP contribution in [-0.2, 0) is 0 Å². The van der Waals surface area contributed by atoms with Crippen molar-refractivity contribution in [1.82, 2.24) is 0 Å². The predicted molar refractivity (Wildman–Crippen MR) is 92.0 cm³/mol. The molecule has 0 fully saturated rings. The van der Waals surface area contributed by atoms with Crippen molar-refractivity contribution >= 4 is 27.5 Å². The van der Waals surface area contributed by atoms with Gasteiger partial charge in [-0.2, -0.15) is 5.26 Å². The number of aryl methyl sites for hydroxylation is 2. The Labute approximate surface area is 139 Å². The van der Waals surface area contributed by atoms with E-state index in [0.717, 1.165) is 15.7 Å². The van der Waals surface area contributed by atoms with Crippen molar-refractivity contribution in [3.63, 3.8) is 0 Å². The van der Waals surface area contributed by atoms with Gasteiger partial charge in [-0.3, -0.25) is 4.79 Å². The van der Waals surface area contributed by atoms with Crippen LogP contribution in [0.3, 0.4) is 0 Å². The lowest BCUT2D eigenvalue weighted by Gasteiger charge is -2.23. The smallest absolute Gasteiger partial charge is 0.258 e. The molecule has 1 amide bonds. The first-order valence-corrected chi connectivity index (χ1v) is 7.84. The molecule has 112 valence electrons. The molecule has 0 heterocycles. The Morgan fingerprint density at radius 3 is 2.41 bits per heavy atom. The van der Waals surface area contributed by atoms with E-state index in [2.05, 4.69) is 22.0 Å². The molecule has 0 spiro atoms. The molecule has 0 bridgehead atoms. The van der Waals surface area contributed by atoms with Crippen molar-refractivity contribution in [2.45, 2.75) is 20.3 Å². The molecule has 0 N–H and O–H groups in total. The zero-order chi connectivity index (χ0) is 16.1. The number of carbonyl (C=O) groups excluding carboxylic acids is 1. The maximum atomic E-state index is 12.8. The number of nitriles is 1. The summed E-state index contributed by atoms with van der Waals surface area (Å²) in [6, 6.07) is 15.3. The average Bonchev–Trinajstić information content (AvgIpc) is 2.51.